The van der Waals surface area contributed by atoms with Crippen LogP contribution in [0.3, 0.4) is 0 Å². The Morgan fingerprint density at radius 1 is 1.14 bits per heavy atom. The molecule has 0 fully saturated rings. The average molecular weight is 194 g/mol. The fraction of sp³-hybridized carbons (Fsp3) is 0.500. The zero-order valence-corrected chi connectivity index (χ0v) is 8.83. The molecule has 0 aliphatic carbocycles. The highest BCUT2D eigenvalue weighted by atomic mass is 16.3. The van der Waals surface area contributed by atoms with Crippen molar-refractivity contribution in [1.82, 2.24) is 0 Å². The third-order valence-corrected chi connectivity index (χ3v) is 2.19. The largest absolute Gasteiger partial charge is 0.508 e. The molecule has 0 amide bonds. The van der Waals surface area contributed by atoms with E-state index in [4.69, 9.17) is 5.11 Å². The van der Waals surface area contributed by atoms with Crippen LogP contribution in [0.15, 0.2) is 24.3 Å². The molecule has 78 valence electrons. The maximum absolute atomic E-state index is 9.50. The van der Waals surface area contributed by atoms with Crippen LogP contribution in [0.5, 0.6) is 5.75 Å². The first-order valence-corrected chi connectivity index (χ1v) is 4.98. The Morgan fingerprint density at radius 2 is 1.71 bits per heavy atom. The Bertz CT molecular complexity index is 269. The van der Waals surface area contributed by atoms with Gasteiger partial charge in [0.25, 0.3) is 0 Å². The Hall–Kier alpha value is -1.02. The highest BCUT2D eigenvalue weighted by Crippen LogP contribution is 2.15. The summed E-state index contributed by atoms with van der Waals surface area (Å²) in [5.74, 6) is 0.302. The summed E-state index contributed by atoms with van der Waals surface area (Å²) in [6.45, 7) is 3.65. The van der Waals surface area contributed by atoms with E-state index < -0.39 is 5.60 Å². The van der Waals surface area contributed by atoms with Gasteiger partial charge in [0.1, 0.15) is 5.75 Å². The third kappa shape index (κ3) is 4.28. The quantitative estimate of drug-likeness (QED) is 0.773. The second-order valence-electron chi connectivity index (χ2n) is 4.33. The van der Waals surface area contributed by atoms with Gasteiger partial charge in [-0.1, -0.05) is 12.1 Å². The Labute approximate surface area is 85.2 Å². The number of aryl methyl sites for hydroxylation is 1. The molecular weight excluding hydrogens is 176 g/mol. The molecule has 1 aromatic rings. The predicted octanol–water partition coefficient (Wildman–Crippen LogP) is 2.49. The van der Waals surface area contributed by atoms with Gasteiger partial charge in [-0.3, -0.25) is 0 Å². The van der Waals surface area contributed by atoms with Gasteiger partial charge in [-0.25, -0.2) is 0 Å². The first kappa shape index (κ1) is 11.1. The zero-order valence-electron chi connectivity index (χ0n) is 8.83. The lowest BCUT2D eigenvalue weighted by Gasteiger charge is -2.16. The van der Waals surface area contributed by atoms with E-state index in [1.54, 1.807) is 12.1 Å². The Balaban J connectivity index is 2.35. The zero-order chi connectivity index (χ0) is 10.6. The van der Waals surface area contributed by atoms with Crippen LogP contribution in [0.2, 0.25) is 0 Å². The molecule has 2 heteroatoms. The van der Waals surface area contributed by atoms with Gasteiger partial charge in [0.15, 0.2) is 0 Å². The molecule has 2 N–H and O–H groups in total. The topological polar surface area (TPSA) is 40.5 Å². The van der Waals surface area contributed by atoms with Crippen molar-refractivity contribution in [2.24, 2.45) is 0 Å². The van der Waals surface area contributed by atoms with E-state index in [1.165, 1.54) is 5.56 Å². The molecule has 0 aromatic heterocycles. The number of aromatic hydroxyl groups is 1. The van der Waals surface area contributed by atoms with Crippen molar-refractivity contribution in [3.63, 3.8) is 0 Å². The molecule has 0 unspecified atom stereocenters. The van der Waals surface area contributed by atoms with Gasteiger partial charge in [-0.2, -0.15) is 0 Å². The van der Waals surface area contributed by atoms with Crippen molar-refractivity contribution in [1.29, 1.82) is 0 Å². The van der Waals surface area contributed by atoms with Gasteiger partial charge in [0.05, 0.1) is 5.60 Å². The minimum Gasteiger partial charge on any atom is -0.508 e. The van der Waals surface area contributed by atoms with E-state index in [1.807, 2.05) is 26.0 Å². The van der Waals surface area contributed by atoms with E-state index in [2.05, 4.69) is 0 Å². The summed E-state index contributed by atoms with van der Waals surface area (Å²) in [6, 6.07) is 7.22. The molecule has 0 aliphatic heterocycles. The van der Waals surface area contributed by atoms with Crippen LogP contribution in [0.25, 0.3) is 0 Å². The highest BCUT2D eigenvalue weighted by molar-refractivity contribution is 5.25. The standard InChI is InChI=1S/C12H18O2/c1-12(2,14)9-3-4-10-5-7-11(13)8-6-10/h5-8,13-14H,3-4,9H2,1-2H3. The number of phenols is 1. The minimum absolute atomic E-state index is 0.302. The van der Waals surface area contributed by atoms with Gasteiger partial charge < -0.3 is 10.2 Å². The van der Waals surface area contributed by atoms with E-state index >= 15 is 0 Å². The smallest absolute Gasteiger partial charge is 0.115 e. The summed E-state index contributed by atoms with van der Waals surface area (Å²) in [5.41, 5.74) is 0.628. The molecule has 0 heterocycles. The molecule has 0 saturated carbocycles. The normalized spacial score (nSPS) is 11.6. The maximum atomic E-state index is 9.50. The van der Waals surface area contributed by atoms with Crippen LogP contribution >= 0.6 is 0 Å². The number of hydrogen-bond acceptors (Lipinski definition) is 2. The average Bonchev–Trinajstić information content (AvgIpc) is 2.06. The van der Waals surface area contributed by atoms with Crippen LogP contribution in [-0.2, 0) is 6.42 Å². The molecule has 1 aromatic carbocycles. The summed E-state index contributed by atoms with van der Waals surface area (Å²) in [6.07, 6.45) is 2.71. The fourth-order valence-electron chi connectivity index (χ4n) is 1.39. The Kier molecular flexibility index (Phi) is 3.53. The lowest BCUT2D eigenvalue weighted by molar-refractivity contribution is 0.0689. The van der Waals surface area contributed by atoms with Crippen molar-refractivity contribution in [2.75, 3.05) is 0 Å². The number of aliphatic hydroxyl groups is 1. The fourth-order valence-corrected chi connectivity index (χ4v) is 1.39. The number of hydrogen-bond donors (Lipinski definition) is 2. The molecule has 0 bridgehead atoms. The van der Waals surface area contributed by atoms with Gasteiger partial charge in [0.2, 0.25) is 0 Å². The van der Waals surface area contributed by atoms with Gasteiger partial charge in [0, 0.05) is 0 Å². The molecular formula is C12H18O2. The van der Waals surface area contributed by atoms with Gasteiger partial charge in [-0.15, -0.1) is 0 Å². The van der Waals surface area contributed by atoms with Gasteiger partial charge >= 0.3 is 0 Å². The van der Waals surface area contributed by atoms with E-state index in [0.29, 0.717) is 5.75 Å². The predicted molar refractivity (Wildman–Crippen MR) is 57.3 cm³/mol. The summed E-state index contributed by atoms with van der Waals surface area (Å²) in [5, 5.41) is 18.6. The van der Waals surface area contributed by atoms with Crippen molar-refractivity contribution in [3.8, 4) is 5.75 Å². The minimum atomic E-state index is -0.573. The van der Waals surface area contributed by atoms with Crippen LogP contribution in [0.1, 0.15) is 32.3 Å². The van der Waals surface area contributed by atoms with Crippen molar-refractivity contribution in [2.45, 2.75) is 38.7 Å². The number of benzene rings is 1. The molecule has 0 saturated heterocycles. The van der Waals surface area contributed by atoms with Crippen LogP contribution in [-0.4, -0.2) is 15.8 Å². The monoisotopic (exact) mass is 194 g/mol. The summed E-state index contributed by atoms with van der Waals surface area (Å²) in [7, 11) is 0. The lowest BCUT2D eigenvalue weighted by atomic mass is 9.99. The van der Waals surface area contributed by atoms with E-state index in [-0.39, 0.29) is 0 Å². The van der Waals surface area contributed by atoms with Crippen molar-refractivity contribution < 1.29 is 10.2 Å². The number of phenolic OH excluding ortho intramolecular Hbond substituents is 1. The summed E-state index contributed by atoms with van der Waals surface area (Å²) < 4.78 is 0. The second kappa shape index (κ2) is 4.47. The molecule has 2 nitrogen and oxygen atoms in total. The third-order valence-electron chi connectivity index (χ3n) is 2.19. The van der Waals surface area contributed by atoms with Crippen LogP contribution in [0, 0.1) is 0 Å². The SMILES string of the molecule is CC(C)(O)CCCc1ccc(O)cc1. The van der Waals surface area contributed by atoms with Gasteiger partial charge in [-0.05, 0) is 50.8 Å². The molecule has 0 aliphatic rings. The highest BCUT2D eigenvalue weighted by Gasteiger charge is 2.11. The molecule has 0 atom stereocenters. The van der Waals surface area contributed by atoms with Crippen LogP contribution < -0.4 is 0 Å². The molecule has 1 rings (SSSR count). The van der Waals surface area contributed by atoms with E-state index in [9.17, 15) is 5.11 Å². The first-order chi connectivity index (χ1) is 6.47. The van der Waals surface area contributed by atoms with Crippen molar-refractivity contribution >= 4 is 0 Å². The summed E-state index contributed by atoms with van der Waals surface area (Å²) >= 11 is 0. The van der Waals surface area contributed by atoms with Crippen molar-refractivity contribution in [3.05, 3.63) is 29.8 Å². The molecule has 0 radical (unpaired) electrons. The maximum Gasteiger partial charge on any atom is 0.115 e. The first-order valence-electron chi connectivity index (χ1n) is 4.98. The lowest BCUT2D eigenvalue weighted by Crippen LogP contribution is -2.18. The van der Waals surface area contributed by atoms with Crippen LogP contribution in [0.4, 0.5) is 0 Å². The van der Waals surface area contributed by atoms with E-state index in [0.717, 1.165) is 19.3 Å². The summed E-state index contributed by atoms with van der Waals surface area (Å²) in [4.78, 5) is 0. The second-order valence-corrected chi connectivity index (χ2v) is 4.33. The Morgan fingerprint density at radius 3 is 2.21 bits per heavy atom. The molecule has 14 heavy (non-hydrogen) atoms. The molecule has 0 spiro atoms. The number of rotatable bonds is 4.